The SMILES string of the molecule is CCCCC1CCSC(CCCc2ccccc2)(Cn2ccnc2)S1. The van der Waals surface area contributed by atoms with E-state index in [0.29, 0.717) is 4.08 Å². The van der Waals surface area contributed by atoms with Crippen LogP contribution in [0.1, 0.15) is 51.0 Å². The van der Waals surface area contributed by atoms with Crippen molar-refractivity contribution in [2.45, 2.75) is 67.7 Å². The van der Waals surface area contributed by atoms with E-state index in [9.17, 15) is 0 Å². The average molecular weight is 375 g/mol. The third kappa shape index (κ3) is 5.82. The van der Waals surface area contributed by atoms with E-state index < -0.39 is 0 Å². The minimum absolute atomic E-state index is 0.312. The zero-order valence-corrected chi connectivity index (χ0v) is 16.9. The first-order valence-corrected chi connectivity index (χ1v) is 11.5. The molecule has 0 aliphatic carbocycles. The van der Waals surface area contributed by atoms with Crippen LogP contribution in [0.4, 0.5) is 0 Å². The summed E-state index contributed by atoms with van der Waals surface area (Å²) in [6.07, 6.45) is 15.2. The van der Waals surface area contributed by atoms with Crippen molar-refractivity contribution >= 4 is 23.5 Å². The predicted octanol–water partition coefficient (Wildman–Crippen LogP) is 6.03. The van der Waals surface area contributed by atoms with Gasteiger partial charge in [0.15, 0.2) is 0 Å². The number of unbranched alkanes of at least 4 members (excludes halogenated alkanes) is 1. The van der Waals surface area contributed by atoms with Gasteiger partial charge in [0.25, 0.3) is 0 Å². The summed E-state index contributed by atoms with van der Waals surface area (Å²) < 4.78 is 2.59. The molecule has 2 atom stereocenters. The topological polar surface area (TPSA) is 17.8 Å². The number of imidazole rings is 1. The van der Waals surface area contributed by atoms with Crippen molar-refractivity contribution < 1.29 is 0 Å². The number of thioether (sulfide) groups is 2. The van der Waals surface area contributed by atoms with Crippen LogP contribution >= 0.6 is 23.5 Å². The first-order chi connectivity index (χ1) is 12.3. The highest BCUT2D eigenvalue weighted by Crippen LogP contribution is 2.51. The molecule has 0 radical (unpaired) electrons. The van der Waals surface area contributed by atoms with E-state index in [1.54, 1.807) is 0 Å². The number of rotatable bonds is 9. The fourth-order valence-corrected chi connectivity index (χ4v) is 7.56. The molecule has 0 amide bonds. The molecule has 0 bridgehead atoms. The van der Waals surface area contributed by atoms with Gasteiger partial charge in [-0.25, -0.2) is 4.98 Å². The number of nitrogens with zero attached hydrogens (tertiary/aromatic N) is 2. The minimum atomic E-state index is 0.312. The molecular formula is C21H30N2S2. The quantitative estimate of drug-likeness (QED) is 0.533. The van der Waals surface area contributed by atoms with Crippen molar-refractivity contribution in [3.8, 4) is 0 Å². The second-order valence-electron chi connectivity index (χ2n) is 7.00. The highest BCUT2D eigenvalue weighted by atomic mass is 32.2. The zero-order chi connectivity index (χ0) is 17.4. The van der Waals surface area contributed by atoms with E-state index in [0.717, 1.165) is 11.8 Å². The van der Waals surface area contributed by atoms with Gasteiger partial charge in [-0.05, 0) is 43.4 Å². The lowest BCUT2D eigenvalue weighted by Crippen LogP contribution is -2.34. The summed E-state index contributed by atoms with van der Waals surface area (Å²) >= 11 is 4.46. The summed E-state index contributed by atoms with van der Waals surface area (Å²) in [4.78, 5) is 4.26. The maximum absolute atomic E-state index is 4.26. The molecule has 1 fully saturated rings. The summed E-state index contributed by atoms with van der Waals surface area (Å²) in [6, 6.07) is 10.9. The Bertz CT molecular complexity index is 600. The molecule has 1 aromatic carbocycles. The third-order valence-corrected chi connectivity index (χ3v) is 8.42. The van der Waals surface area contributed by atoms with Crippen molar-refractivity contribution in [1.82, 2.24) is 9.55 Å². The van der Waals surface area contributed by atoms with E-state index in [4.69, 9.17) is 0 Å². The van der Waals surface area contributed by atoms with Gasteiger partial charge >= 0.3 is 0 Å². The maximum atomic E-state index is 4.26. The Balaban J connectivity index is 1.63. The highest BCUT2D eigenvalue weighted by Gasteiger charge is 2.37. The summed E-state index contributed by atoms with van der Waals surface area (Å²) in [5, 5.41) is 0.835. The molecule has 2 heterocycles. The fourth-order valence-electron chi connectivity index (χ4n) is 3.57. The molecule has 0 N–H and O–H groups in total. The summed E-state index contributed by atoms with van der Waals surface area (Å²) in [6.45, 7) is 3.39. The first-order valence-electron chi connectivity index (χ1n) is 9.61. The Morgan fingerprint density at radius 3 is 2.88 bits per heavy atom. The average Bonchev–Trinajstić information content (AvgIpc) is 3.14. The van der Waals surface area contributed by atoms with Crippen molar-refractivity contribution in [2.75, 3.05) is 5.75 Å². The summed E-state index contributed by atoms with van der Waals surface area (Å²) in [5.41, 5.74) is 1.47. The molecule has 0 spiro atoms. The molecule has 0 saturated carbocycles. The van der Waals surface area contributed by atoms with Crippen LogP contribution in [-0.2, 0) is 13.0 Å². The molecule has 4 heteroatoms. The van der Waals surface area contributed by atoms with Gasteiger partial charge in [0, 0.05) is 24.2 Å². The van der Waals surface area contributed by atoms with Gasteiger partial charge in [0.2, 0.25) is 0 Å². The van der Waals surface area contributed by atoms with Gasteiger partial charge in [-0.2, -0.15) is 0 Å². The lowest BCUT2D eigenvalue weighted by atomic mass is 10.1. The second-order valence-corrected chi connectivity index (χ2v) is 10.4. The monoisotopic (exact) mass is 374 g/mol. The molecule has 2 nitrogen and oxygen atoms in total. The molecule has 1 aliphatic rings. The number of aryl methyl sites for hydroxylation is 1. The van der Waals surface area contributed by atoms with Crippen LogP contribution < -0.4 is 0 Å². The van der Waals surface area contributed by atoms with E-state index in [-0.39, 0.29) is 0 Å². The van der Waals surface area contributed by atoms with Crippen molar-refractivity contribution in [1.29, 1.82) is 0 Å². The molecule has 2 aromatic rings. The van der Waals surface area contributed by atoms with Crippen LogP contribution in [0.2, 0.25) is 0 Å². The van der Waals surface area contributed by atoms with E-state index in [2.05, 4.69) is 76.5 Å². The molecule has 25 heavy (non-hydrogen) atoms. The van der Waals surface area contributed by atoms with Crippen LogP contribution in [0.5, 0.6) is 0 Å². The largest absolute Gasteiger partial charge is 0.335 e. The second kappa shape index (κ2) is 9.72. The van der Waals surface area contributed by atoms with Crippen LogP contribution in [0.15, 0.2) is 49.1 Å². The zero-order valence-electron chi connectivity index (χ0n) is 15.3. The van der Waals surface area contributed by atoms with Gasteiger partial charge < -0.3 is 4.57 Å². The maximum Gasteiger partial charge on any atom is 0.0946 e. The molecule has 1 saturated heterocycles. The molecule has 2 unspecified atom stereocenters. The van der Waals surface area contributed by atoms with Crippen LogP contribution in [0.25, 0.3) is 0 Å². The van der Waals surface area contributed by atoms with Crippen molar-refractivity contribution in [3.05, 3.63) is 54.6 Å². The van der Waals surface area contributed by atoms with Crippen molar-refractivity contribution in [2.24, 2.45) is 0 Å². The normalized spacial score (nSPS) is 23.6. The van der Waals surface area contributed by atoms with Crippen molar-refractivity contribution in [3.63, 3.8) is 0 Å². The summed E-state index contributed by atoms with van der Waals surface area (Å²) in [5.74, 6) is 1.31. The molecular weight excluding hydrogens is 344 g/mol. The Morgan fingerprint density at radius 2 is 2.12 bits per heavy atom. The lowest BCUT2D eigenvalue weighted by molar-refractivity contribution is 0.555. The molecule has 136 valence electrons. The Hall–Kier alpha value is -0.870. The Morgan fingerprint density at radius 1 is 1.24 bits per heavy atom. The third-order valence-electron chi connectivity index (χ3n) is 4.91. The smallest absolute Gasteiger partial charge is 0.0946 e. The van der Waals surface area contributed by atoms with Gasteiger partial charge in [0.05, 0.1) is 10.4 Å². The van der Waals surface area contributed by atoms with Gasteiger partial charge in [0.1, 0.15) is 0 Å². The van der Waals surface area contributed by atoms with Crippen LogP contribution in [0, 0.1) is 0 Å². The number of benzene rings is 1. The molecule has 1 aromatic heterocycles. The van der Waals surface area contributed by atoms with Gasteiger partial charge in [-0.15, -0.1) is 23.5 Å². The van der Waals surface area contributed by atoms with Gasteiger partial charge in [-0.1, -0.05) is 50.1 Å². The summed E-state index contributed by atoms with van der Waals surface area (Å²) in [7, 11) is 0. The number of hydrogen-bond donors (Lipinski definition) is 0. The lowest BCUT2D eigenvalue weighted by Gasteiger charge is -2.40. The minimum Gasteiger partial charge on any atom is -0.335 e. The van der Waals surface area contributed by atoms with E-state index in [1.807, 2.05) is 12.5 Å². The standard InChI is InChI=1S/C21H30N2S2/c1-2-3-11-20-12-16-24-21(25-20,17-23-15-14-22-18-23)13-7-10-19-8-5-4-6-9-19/h4-6,8-9,14-15,18,20H,2-3,7,10-13,16-17H2,1H3. The van der Waals surface area contributed by atoms with Gasteiger partial charge in [-0.3, -0.25) is 0 Å². The van der Waals surface area contributed by atoms with Crippen LogP contribution in [-0.4, -0.2) is 24.6 Å². The van der Waals surface area contributed by atoms with E-state index >= 15 is 0 Å². The predicted molar refractivity (Wildman–Crippen MR) is 112 cm³/mol. The first kappa shape index (κ1) is 18.9. The van der Waals surface area contributed by atoms with E-state index in [1.165, 1.54) is 56.3 Å². The molecule has 1 aliphatic heterocycles. The fraction of sp³-hybridized carbons (Fsp3) is 0.571. The molecule has 3 rings (SSSR count). The number of hydrogen-bond acceptors (Lipinski definition) is 3. The Labute approximate surface area is 161 Å². The highest BCUT2D eigenvalue weighted by molar-refractivity contribution is 8.19. The Kier molecular flexibility index (Phi) is 7.35. The number of aromatic nitrogens is 2. The van der Waals surface area contributed by atoms with Crippen LogP contribution in [0.3, 0.4) is 0 Å².